The molecule has 3 rings (SSSR count). The minimum atomic E-state index is 0.0137. The van der Waals surface area contributed by atoms with E-state index in [-0.39, 0.29) is 18.5 Å². The van der Waals surface area contributed by atoms with Gasteiger partial charge in [0, 0.05) is 0 Å². The van der Waals surface area contributed by atoms with E-state index in [0.717, 1.165) is 35.1 Å². The van der Waals surface area contributed by atoms with Crippen LogP contribution >= 0.6 is 15.9 Å². The Hall–Kier alpha value is -1.62. The second kappa shape index (κ2) is 6.24. The molecule has 1 N–H and O–H groups in total. The predicted octanol–water partition coefficient (Wildman–Crippen LogP) is 3.46. The van der Waals surface area contributed by atoms with Crippen molar-refractivity contribution in [2.75, 3.05) is 0 Å². The molecule has 1 aromatic carbocycles. The standard InChI is InChI=1S/C17H20BrN3O/c1-11-17(18)12(2)21(20-11)10-16(22)19-15-9-5-7-13-6-3-4-8-14(13)15/h3-4,6,8,15H,5,7,9-10H2,1-2H3,(H,19,22). The van der Waals surface area contributed by atoms with Crippen molar-refractivity contribution < 1.29 is 4.79 Å². The SMILES string of the molecule is Cc1nn(CC(=O)NC2CCCc3ccccc32)c(C)c1Br. The van der Waals surface area contributed by atoms with E-state index in [9.17, 15) is 4.79 Å². The summed E-state index contributed by atoms with van der Waals surface area (Å²) in [5.41, 5.74) is 4.51. The molecule has 0 saturated heterocycles. The summed E-state index contributed by atoms with van der Waals surface area (Å²) < 4.78 is 2.73. The third-order valence-electron chi connectivity index (χ3n) is 4.29. The van der Waals surface area contributed by atoms with Crippen molar-refractivity contribution in [3.63, 3.8) is 0 Å². The van der Waals surface area contributed by atoms with Crippen LogP contribution in [0.2, 0.25) is 0 Å². The van der Waals surface area contributed by atoms with Crippen molar-refractivity contribution in [2.45, 2.75) is 45.7 Å². The molecule has 1 aliphatic rings. The van der Waals surface area contributed by atoms with Crippen LogP contribution < -0.4 is 5.32 Å². The minimum absolute atomic E-state index is 0.0137. The van der Waals surface area contributed by atoms with Gasteiger partial charge in [0.25, 0.3) is 0 Å². The summed E-state index contributed by atoms with van der Waals surface area (Å²) in [4.78, 5) is 12.4. The van der Waals surface area contributed by atoms with Gasteiger partial charge in [-0.1, -0.05) is 24.3 Å². The van der Waals surface area contributed by atoms with Gasteiger partial charge in [0.15, 0.2) is 0 Å². The fourth-order valence-electron chi connectivity index (χ4n) is 3.11. The van der Waals surface area contributed by atoms with Crippen LogP contribution in [0.15, 0.2) is 28.7 Å². The first kappa shape index (κ1) is 15.3. The van der Waals surface area contributed by atoms with Gasteiger partial charge in [-0.2, -0.15) is 5.10 Å². The lowest BCUT2D eigenvalue weighted by Gasteiger charge is -2.26. The van der Waals surface area contributed by atoms with Gasteiger partial charge in [0.1, 0.15) is 6.54 Å². The van der Waals surface area contributed by atoms with E-state index in [1.165, 1.54) is 11.1 Å². The Kier molecular flexibility index (Phi) is 4.34. The van der Waals surface area contributed by atoms with Gasteiger partial charge >= 0.3 is 0 Å². The summed E-state index contributed by atoms with van der Waals surface area (Å²) in [6.07, 6.45) is 3.23. The van der Waals surface area contributed by atoms with Crippen molar-refractivity contribution in [3.8, 4) is 0 Å². The monoisotopic (exact) mass is 361 g/mol. The zero-order valence-corrected chi connectivity index (χ0v) is 14.5. The van der Waals surface area contributed by atoms with E-state index in [0.29, 0.717) is 0 Å². The van der Waals surface area contributed by atoms with Crippen molar-refractivity contribution in [2.24, 2.45) is 0 Å². The summed E-state index contributed by atoms with van der Waals surface area (Å²) in [6.45, 7) is 4.16. The van der Waals surface area contributed by atoms with E-state index in [1.807, 2.05) is 19.9 Å². The number of nitrogens with one attached hydrogen (secondary N) is 1. The number of aromatic nitrogens is 2. The van der Waals surface area contributed by atoms with Crippen molar-refractivity contribution in [1.29, 1.82) is 0 Å². The van der Waals surface area contributed by atoms with E-state index in [1.54, 1.807) is 4.68 Å². The lowest BCUT2D eigenvalue weighted by Crippen LogP contribution is -2.33. The Morgan fingerprint density at radius 1 is 1.41 bits per heavy atom. The quantitative estimate of drug-likeness (QED) is 0.909. The van der Waals surface area contributed by atoms with Gasteiger partial charge in [-0.15, -0.1) is 0 Å². The fourth-order valence-corrected chi connectivity index (χ4v) is 3.39. The third-order valence-corrected chi connectivity index (χ3v) is 5.44. The lowest BCUT2D eigenvalue weighted by atomic mass is 9.88. The zero-order chi connectivity index (χ0) is 15.7. The van der Waals surface area contributed by atoms with Gasteiger partial charge in [0.05, 0.1) is 21.9 Å². The number of carbonyl (C=O) groups is 1. The topological polar surface area (TPSA) is 46.9 Å². The first-order valence-corrected chi connectivity index (χ1v) is 8.42. The Balaban J connectivity index is 1.71. The van der Waals surface area contributed by atoms with E-state index in [4.69, 9.17) is 0 Å². The summed E-state index contributed by atoms with van der Waals surface area (Å²) >= 11 is 3.49. The molecule has 1 heterocycles. The maximum Gasteiger partial charge on any atom is 0.242 e. The molecule has 0 radical (unpaired) electrons. The summed E-state index contributed by atoms with van der Waals surface area (Å²) in [5.74, 6) is 0.0137. The van der Waals surface area contributed by atoms with Crippen LogP contribution in [0.25, 0.3) is 0 Å². The van der Waals surface area contributed by atoms with Crippen molar-refractivity contribution >= 4 is 21.8 Å². The molecule has 5 heteroatoms. The number of benzene rings is 1. The van der Waals surface area contributed by atoms with E-state index < -0.39 is 0 Å². The summed E-state index contributed by atoms with van der Waals surface area (Å²) in [6, 6.07) is 8.51. The van der Waals surface area contributed by atoms with Crippen LogP contribution in [0.1, 0.15) is 41.4 Å². The molecule has 116 valence electrons. The van der Waals surface area contributed by atoms with Crippen molar-refractivity contribution in [3.05, 3.63) is 51.3 Å². The molecule has 0 bridgehead atoms. The molecule has 0 spiro atoms. The van der Waals surface area contributed by atoms with Crippen LogP contribution in [0.3, 0.4) is 0 Å². The van der Waals surface area contributed by atoms with Crippen LogP contribution in [-0.2, 0) is 17.8 Å². The van der Waals surface area contributed by atoms with Gasteiger partial charge in [0.2, 0.25) is 5.91 Å². The Morgan fingerprint density at radius 2 is 2.18 bits per heavy atom. The number of halogens is 1. The molecule has 1 unspecified atom stereocenters. The normalized spacial score (nSPS) is 17.1. The van der Waals surface area contributed by atoms with Crippen LogP contribution in [-0.4, -0.2) is 15.7 Å². The largest absolute Gasteiger partial charge is 0.348 e. The first-order chi connectivity index (χ1) is 10.6. The first-order valence-electron chi connectivity index (χ1n) is 7.63. The average molecular weight is 362 g/mol. The second-order valence-corrected chi connectivity index (χ2v) is 6.65. The molecule has 0 aliphatic heterocycles. The smallest absolute Gasteiger partial charge is 0.242 e. The number of hydrogen-bond donors (Lipinski definition) is 1. The number of aryl methyl sites for hydroxylation is 2. The highest BCUT2D eigenvalue weighted by Gasteiger charge is 2.22. The molecule has 4 nitrogen and oxygen atoms in total. The predicted molar refractivity (Wildman–Crippen MR) is 89.7 cm³/mol. The number of hydrogen-bond acceptors (Lipinski definition) is 2. The summed E-state index contributed by atoms with van der Waals surface area (Å²) in [7, 11) is 0. The maximum absolute atomic E-state index is 12.4. The number of amides is 1. The molecule has 0 fully saturated rings. The zero-order valence-electron chi connectivity index (χ0n) is 12.9. The van der Waals surface area contributed by atoms with Crippen LogP contribution in [0.5, 0.6) is 0 Å². The van der Waals surface area contributed by atoms with E-state index >= 15 is 0 Å². The Bertz CT molecular complexity index is 708. The molecule has 0 saturated carbocycles. The molecule has 22 heavy (non-hydrogen) atoms. The highest BCUT2D eigenvalue weighted by atomic mass is 79.9. The van der Waals surface area contributed by atoms with Gasteiger partial charge in [-0.3, -0.25) is 9.48 Å². The highest BCUT2D eigenvalue weighted by molar-refractivity contribution is 9.10. The number of rotatable bonds is 3. The second-order valence-electron chi connectivity index (χ2n) is 5.85. The van der Waals surface area contributed by atoms with Crippen LogP contribution in [0, 0.1) is 13.8 Å². The molecule has 1 atom stereocenters. The van der Waals surface area contributed by atoms with Gasteiger partial charge in [-0.05, 0) is 60.2 Å². The van der Waals surface area contributed by atoms with Crippen molar-refractivity contribution in [1.82, 2.24) is 15.1 Å². The number of fused-ring (bicyclic) bond motifs is 1. The number of carbonyl (C=O) groups excluding carboxylic acids is 1. The van der Waals surface area contributed by atoms with Crippen LogP contribution in [0.4, 0.5) is 0 Å². The highest BCUT2D eigenvalue weighted by Crippen LogP contribution is 2.29. The molecule has 1 amide bonds. The Morgan fingerprint density at radius 3 is 2.91 bits per heavy atom. The summed E-state index contributed by atoms with van der Waals surface area (Å²) in [5, 5.41) is 7.56. The fraction of sp³-hybridized carbons (Fsp3) is 0.412. The average Bonchev–Trinajstić information content (AvgIpc) is 2.75. The third kappa shape index (κ3) is 2.95. The maximum atomic E-state index is 12.4. The van der Waals surface area contributed by atoms with E-state index in [2.05, 4.69) is 44.5 Å². The Labute approximate surface area is 139 Å². The lowest BCUT2D eigenvalue weighted by molar-refractivity contribution is -0.122. The van der Waals surface area contributed by atoms with Gasteiger partial charge < -0.3 is 5.32 Å². The molecule has 1 aromatic heterocycles. The molecular weight excluding hydrogens is 342 g/mol. The molecule has 1 aliphatic carbocycles. The minimum Gasteiger partial charge on any atom is -0.348 e. The van der Waals surface area contributed by atoms with Gasteiger partial charge in [-0.25, -0.2) is 0 Å². The number of nitrogens with zero attached hydrogens (tertiary/aromatic N) is 2. The molecular formula is C17H20BrN3O. The molecule has 2 aromatic rings.